The number of para-hydroxylation sites is 1. The van der Waals surface area contributed by atoms with Crippen molar-refractivity contribution in [2.45, 2.75) is 52.0 Å². The van der Waals surface area contributed by atoms with Crippen LogP contribution in [0, 0.1) is 12.8 Å². The normalized spacial score (nSPS) is 16.0. The molecule has 0 atom stereocenters. The van der Waals surface area contributed by atoms with E-state index in [9.17, 15) is 4.79 Å². The molecule has 22 heavy (non-hydrogen) atoms. The van der Waals surface area contributed by atoms with Gasteiger partial charge in [0.2, 0.25) is 5.91 Å². The Labute approximate surface area is 132 Å². The Kier molecular flexibility index (Phi) is 4.81. The Morgan fingerprint density at radius 1 is 1.23 bits per heavy atom. The molecule has 1 saturated carbocycles. The molecule has 1 N–H and O–H groups in total. The molecule has 0 unspecified atom stereocenters. The van der Waals surface area contributed by atoms with Gasteiger partial charge in [0.05, 0.1) is 0 Å². The molecule has 0 bridgehead atoms. The van der Waals surface area contributed by atoms with Crippen molar-refractivity contribution < 1.29 is 4.79 Å². The predicted octanol–water partition coefficient (Wildman–Crippen LogP) is 4.04. The number of amides is 1. The maximum Gasteiger partial charge on any atom is 0.223 e. The van der Waals surface area contributed by atoms with Crippen LogP contribution < -0.4 is 5.32 Å². The number of nitrogens with one attached hydrogen (secondary N) is 1. The third kappa shape index (κ3) is 3.34. The topological polar surface area (TPSA) is 34.0 Å². The van der Waals surface area contributed by atoms with Gasteiger partial charge in [-0.25, -0.2) is 0 Å². The van der Waals surface area contributed by atoms with Crippen LogP contribution in [-0.2, 0) is 11.3 Å². The second kappa shape index (κ2) is 6.99. The minimum absolute atomic E-state index is 0.267. The first kappa shape index (κ1) is 15.1. The van der Waals surface area contributed by atoms with Gasteiger partial charge in [0.25, 0.3) is 0 Å². The van der Waals surface area contributed by atoms with Gasteiger partial charge in [0.15, 0.2) is 0 Å². The lowest BCUT2D eigenvalue weighted by atomic mass is 9.89. The van der Waals surface area contributed by atoms with Crippen molar-refractivity contribution in [2.24, 2.45) is 5.92 Å². The van der Waals surface area contributed by atoms with E-state index in [-0.39, 0.29) is 11.8 Å². The largest absolute Gasteiger partial charge is 0.356 e. The van der Waals surface area contributed by atoms with E-state index in [0.717, 1.165) is 32.4 Å². The highest BCUT2D eigenvalue weighted by Crippen LogP contribution is 2.23. The fraction of sp³-hybridized carbons (Fsp3) is 0.526. The summed E-state index contributed by atoms with van der Waals surface area (Å²) < 4.78 is 2.35. The lowest BCUT2D eigenvalue weighted by Gasteiger charge is -2.20. The molecule has 0 aliphatic heterocycles. The highest BCUT2D eigenvalue weighted by atomic mass is 16.1. The molecule has 2 aromatic rings. The van der Waals surface area contributed by atoms with Crippen LogP contribution in [0.3, 0.4) is 0 Å². The Bertz CT molecular complexity index is 638. The van der Waals surface area contributed by atoms with Crippen LogP contribution in [0.5, 0.6) is 0 Å². The van der Waals surface area contributed by atoms with E-state index in [0.29, 0.717) is 0 Å². The second-order valence-electron chi connectivity index (χ2n) is 6.48. The van der Waals surface area contributed by atoms with Gasteiger partial charge in [-0.1, -0.05) is 37.5 Å². The zero-order chi connectivity index (χ0) is 15.4. The summed E-state index contributed by atoms with van der Waals surface area (Å²) in [5, 5.41) is 4.43. The minimum Gasteiger partial charge on any atom is -0.356 e. The fourth-order valence-corrected chi connectivity index (χ4v) is 3.60. The number of rotatable bonds is 5. The third-order valence-electron chi connectivity index (χ3n) is 4.85. The zero-order valence-electron chi connectivity index (χ0n) is 13.5. The number of hydrogen-bond acceptors (Lipinski definition) is 1. The molecular formula is C19H26N2O. The first-order valence-corrected chi connectivity index (χ1v) is 8.58. The number of carbonyl (C=O) groups is 1. The quantitative estimate of drug-likeness (QED) is 0.831. The number of carbonyl (C=O) groups excluding carboxylic acids is 1. The monoisotopic (exact) mass is 298 g/mol. The summed E-state index contributed by atoms with van der Waals surface area (Å²) in [5.74, 6) is 0.539. The zero-order valence-corrected chi connectivity index (χ0v) is 13.5. The molecule has 1 aromatic carbocycles. The summed E-state index contributed by atoms with van der Waals surface area (Å²) in [6.07, 6.45) is 6.86. The Hall–Kier alpha value is -1.77. The highest BCUT2D eigenvalue weighted by Gasteiger charge is 2.20. The van der Waals surface area contributed by atoms with Crippen LogP contribution in [0.1, 0.15) is 44.2 Å². The van der Waals surface area contributed by atoms with E-state index >= 15 is 0 Å². The molecule has 0 spiro atoms. The molecule has 1 aliphatic carbocycles. The SMILES string of the molecule is Cc1cc2ccccc2n1CCCNC(=O)C1CCCCC1. The van der Waals surface area contributed by atoms with Crippen molar-refractivity contribution in [3.63, 3.8) is 0 Å². The Balaban J connectivity index is 1.50. The third-order valence-corrected chi connectivity index (χ3v) is 4.85. The van der Waals surface area contributed by atoms with Gasteiger partial charge in [-0.05, 0) is 43.7 Å². The lowest BCUT2D eigenvalue weighted by Crippen LogP contribution is -2.32. The maximum absolute atomic E-state index is 12.1. The van der Waals surface area contributed by atoms with Gasteiger partial charge in [-0.15, -0.1) is 0 Å². The van der Waals surface area contributed by atoms with Crippen molar-refractivity contribution in [3.8, 4) is 0 Å². The number of hydrogen-bond donors (Lipinski definition) is 1. The van der Waals surface area contributed by atoms with Gasteiger partial charge in [0, 0.05) is 30.2 Å². The van der Waals surface area contributed by atoms with E-state index in [4.69, 9.17) is 0 Å². The smallest absolute Gasteiger partial charge is 0.223 e. The molecule has 3 nitrogen and oxygen atoms in total. The highest BCUT2D eigenvalue weighted by molar-refractivity contribution is 5.81. The molecule has 1 amide bonds. The molecule has 1 aromatic heterocycles. The van der Waals surface area contributed by atoms with E-state index in [2.05, 4.69) is 47.1 Å². The summed E-state index contributed by atoms with van der Waals surface area (Å²) >= 11 is 0. The van der Waals surface area contributed by atoms with E-state index < -0.39 is 0 Å². The van der Waals surface area contributed by atoms with Crippen LogP contribution >= 0.6 is 0 Å². The molecule has 3 rings (SSSR count). The van der Waals surface area contributed by atoms with E-state index in [1.165, 1.54) is 35.9 Å². The van der Waals surface area contributed by atoms with Crippen molar-refractivity contribution in [3.05, 3.63) is 36.0 Å². The Morgan fingerprint density at radius 2 is 2.00 bits per heavy atom. The number of aromatic nitrogens is 1. The number of aryl methyl sites for hydroxylation is 2. The average Bonchev–Trinajstić information content (AvgIpc) is 2.88. The van der Waals surface area contributed by atoms with Crippen molar-refractivity contribution in [1.29, 1.82) is 0 Å². The summed E-state index contributed by atoms with van der Waals surface area (Å²) in [6, 6.07) is 10.7. The van der Waals surface area contributed by atoms with Crippen LogP contribution in [-0.4, -0.2) is 17.0 Å². The first-order chi connectivity index (χ1) is 10.8. The van der Waals surface area contributed by atoms with Crippen molar-refractivity contribution in [1.82, 2.24) is 9.88 Å². The average molecular weight is 298 g/mol. The fourth-order valence-electron chi connectivity index (χ4n) is 3.60. The van der Waals surface area contributed by atoms with Gasteiger partial charge < -0.3 is 9.88 Å². The standard InChI is InChI=1S/C19H26N2O/c1-15-14-17-10-5-6-11-18(17)21(15)13-7-12-20-19(22)16-8-3-2-4-9-16/h5-6,10-11,14,16H,2-4,7-9,12-13H2,1H3,(H,20,22). The van der Waals surface area contributed by atoms with Crippen LogP contribution in [0.25, 0.3) is 10.9 Å². The van der Waals surface area contributed by atoms with Gasteiger partial charge in [0.1, 0.15) is 0 Å². The van der Waals surface area contributed by atoms with E-state index in [1.54, 1.807) is 0 Å². The molecule has 118 valence electrons. The Morgan fingerprint density at radius 3 is 2.82 bits per heavy atom. The lowest BCUT2D eigenvalue weighted by molar-refractivity contribution is -0.125. The minimum atomic E-state index is 0.267. The van der Waals surface area contributed by atoms with Crippen LogP contribution in [0.2, 0.25) is 0 Å². The summed E-state index contributed by atoms with van der Waals surface area (Å²) in [6.45, 7) is 3.90. The van der Waals surface area contributed by atoms with Crippen LogP contribution in [0.15, 0.2) is 30.3 Å². The summed E-state index contributed by atoms with van der Waals surface area (Å²) in [7, 11) is 0. The molecule has 1 heterocycles. The van der Waals surface area contributed by atoms with Crippen molar-refractivity contribution in [2.75, 3.05) is 6.54 Å². The van der Waals surface area contributed by atoms with Gasteiger partial charge in [-0.2, -0.15) is 0 Å². The van der Waals surface area contributed by atoms with Gasteiger partial charge >= 0.3 is 0 Å². The van der Waals surface area contributed by atoms with E-state index in [1.807, 2.05) is 0 Å². The predicted molar refractivity (Wildman–Crippen MR) is 90.9 cm³/mol. The molecule has 3 heteroatoms. The molecular weight excluding hydrogens is 272 g/mol. The van der Waals surface area contributed by atoms with Crippen LogP contribution in [0.4, 0.5) is 0 Å². The van der Waals surface area contributed by atoms with Crippen molar-refractivity contribution >= 4 is 16.8 Å². The summed E-state index contributed by atoms with van der Waals surface area (Å²) in [4.78, 5) is 12.1. The molecule has 1 fully saturated rings. The molecule has 0 saturated heterocycles. The summed E-state index contributed by atoms with van der Waals surface area (Å²) in [5.41, 5.74) is 2.58. The number of benzene rings is 1. The number of fused-ring (bicyclic) bond motifs is 1. The molecule has 1 aliphatic rings. The van der Waals surface area contributed by atoms with Gasteiger partial charge in [-0.3, -0.25) is 4.79 Å². The number of nitrogens with zero attached hydrogens (tertiary/aromatic N) is 1. The molecule has 0 radical (unpaired) electrons. The second-order valence-corrected chi connectivity index (χ2v) is 6.48. The maximum atomic E-state index is 12.1. The first-order valence-electron chi connectivity index (χ1n) is 8.58.